The second-order valence-electron chi connectivity index (χ2n) is 11.1. The van der Waals surface area contributed by atoms with E-state index in [0.29, 0.717) is 45.6 Å². The number of pyridine rings is 1. The van der Waals surface area contributed by atoms with E-state index in [1.807, 2.05) is 75.4 Å². The standard InChI is InChI=1S/C33H33N5O4S/c1-20(2)11-14-27(39)37-17-7-8-22(19-37)35-31(40)30-29-28-26(15-16-34-32(28)43-30)38(33(41)36-29)25-13-12-24(18-21(25)3)42-23-9-5-4-6-10-23/h4-6,9-16,18,20,22H,7-8,17,19H2,1-3H3,(H,35,40)(H,36,41)/b14-11+/t22-/m1/s1. The molecular weight excluding hydrogens is 562 g/mol. The average Bonchev–Trinajstić information content (AvgIpc) is 3.37. The number of benzene rings is 2. The lowest BCUT2D eigenvalue weighted by atomic mass is 10.0. The van der Waals surface area contributed by atoms with Crippen LogP contribution in [-0.4, -0.2) is 46.9 Å². The average molecular weight is 596 g/mol. The van der Waals surface area contributed by atoms with Crippen LogP contribution in [0.25, 0.3) is 10.2 Å². The van der Waals surface area contributed by atoms with Gasteiger partial charge in [-0.05, 0) is 73.7 Å². The zero-order chi connectivity index (χ0) is 30.1. The number of carbonyl (C=O) groups excluding carboxylic acids is 3. The fraction of sp³-hybridized carbons (Fsp3) is 0.273. The summed E-state index contributed by atoms with van der Waals surface area (Å²) >= 11 is 1.25. The number of nitrogens with one attached hydrogen (secondary N) is 2. The van der Waals surface area contributed by atoms with Gasteiger partial charge >= 0.3 is 6.03 Å². The van der Waals surface area contributed by atoms with Gasteiger partial charge in [0.15, 0.2) is 0 Å². The summed E-state index contributed by atoms with van der Waals surface area (Å²) in [6.07, 6.45) is 6.74. The number of anilines is 3. The molecule has 1 atom stereocenters. The van der Waals surface area contributed by atoms with Crippen LogP contribution in [0, 0.1) is 12.8 Å². The van der Waals surface area contributed by atoms with Crippen LogP contribution in [0.5, 0.6) is 11.5 Å². The maximum absolute atomic E-state index is 13.6. The summed E-state index contributed by atoms with van der Waals surface area (Å²) in [5, 5.41) is 6.79. The van der Waals surface area contributed by atoms with E-state index in [4.69, 9.17) is 4.74 Å². The minimum atomic E-state index is -0.362. The van der Waals surface area contributed by atoms with Gasteiger partial charge in [-0.15, -0.1) is 11.3 Å². The number of carbonyl (C=O) groups is 3. The molecule has 1 saturated heterocycles. The van der Waals surface area contributed by atoms with Crippen LogP contribution in [0.15, 0.2) is 72.9 Å². The van der Waals surface area contributed by atoms with Crippen molar-refractivity contribution in [3.8, 4) is 11.5 Å². The molecule has 6 rings (SSSR count). The molecule has 4 heterocycles. The first kappa shape index (κ1) is 28.4. The number of hydrogen-bond acceptors (Lipinski definition) is 6. The summed E-state index contributed by atoms with van der Waals surface area (Å²) in [7, 11) is 0. The van der Waals surface area contributed by atoms with Gasteiger partial charge in [0, 0.05) is 25.3 Å². The molecule has 0 spiro atoms. The van der Waals surface area contributed by atoms with Crippen molar-refractivity contribution >= 4 is 56.5 Å². The lowest BCUT2D eigenvalue weighted by Crippen LogP contribution is -2.49. The van der Waals surface area contributed by atoms with Gasteiger partial charge < -0.3 is 20.3 Å². The van der Waals surface area contributed by atoms with E-state index in [2.05, 4.69) is 15.6 Å². The van der Waals surface area contributed by atoms with E-state index in [0.717, 1.165) is 29.5 Å². The van der Waals surface area contributed by atoms with Crippen molar-refractivity contribution in [2.45, 2.75) is 39.7 Å². The molecule has 0 unspecified atom stereocenters. The van der Waals surface area contributed by atoms with Crippen molar-refractivity contribution in [2.75, 3.05) is 23.3 Å². The highest BCUT2D eigenvalue weighted by molar-refractivity contribution is 7.21. The summed E-state index contributed by atoms with van der Waals surface area (Å²) in [5.41, 5.74) is 2.67. The normalized spacial score (nSPS) is 16.6. The van der Waals surface area contributed by atoms with Crippen LogP contribution in [0.4, 0.5) is 21.9 Å². The van der Waals surface area contributed by atoms with E-state index in [9.17, 15) is 14.4 Å². The molecule has 4 amide bonds. The van der Waals surface area contributed by atoms with Gasteiger partial charge in [-0.1, -0.05) is 38.1 Å². The van der Waals surface area contributed by atoms with Crippen molar-refractivity contribution in [2.24, 2.45) is 5.92 Å². The van der Waals surface area contributed by atoms with E-state index < -0.39 is 0 Å². The third kappa shape index (κ3) is 5.83. The lowest BCUT2D eigenvalue weighted by molar-refractivity contribution is -0.127. The Balaban J connectivity index is 1.25. The second kappa shape index (κ2) is 11.9. The number of aryl methyl sites for hydroxylation is 1. The molecule has 1 fully saturated rings. The topological polar surface area (TPSA) is 104 Å². The predicted octanol–water partition coefficient (Wildman–Crippen LogP) is 7.01. The number of para-hydroxylation sites is 1. The smallest absolute Gasteiger partial charge is 0.331 e. The zero-order valence-electron chi connectivity index (χ0n) is 24.3. The number of ether oxygens (including phenoxy) is 1. The van der Waals surface area contributed by atoms with E-state index >= 15 is 0 Å². The number of rotatable bonds is 7. The molecule has 2 N–H and O–H groups in total. The monoisotopic (exact) mass is 595 g/mol. The Bertz CT molecular complexity index is 1730. The number of aromatic nitrogens is 1. The number of thiophene rings is 1. The minimum absolute atomic E-state index is 0.0410. The highest BCUT2D eigenvalue weighted by Gasteiger charge is 2.34. The van der Waals surface area contributed by atoms with Crippen molar-refractivity contribution in [1.82, 2.24) is 15.2 Å². The Hall–Kier alpha value is -4.70. The Kier molecular flexibility index (Phi) is 7.86. The first-order chi connectivity index (χ1) is 20.8. The highest BCUT2D eigenvalue weighted by atomic mass is 32.1. The van der Waals surface area contributed by atoms with Gasteiger partial charge in [-0.3, -0.25) is 14.5 Å². The number of nitrogens with zero attached hydrogens (tertiary/aromatic N) is 3. The van der Waals surface area contributed by atoms with E-state index in [-0.39, 0.29) is 29.8 Å². The number of likely N-dealkylation sites (tertiary alicyclic amines) is 1. The van der Waals surface area contributed by atoms with Gasteiger partial charge in [0.1, 0.15) is 21.2 Å². The minimum Gasteiger partial charge on any atom is -0.457 e. The first-order valence-electron chi connectivity index (χ1n) is 14.4. The third-order valence-electron chi connectivity index (χ3n) is 7.53. The second-order valence-corrected chi connectivity index (χ2v) is 12.1. The number of piperidine rings is 1. The van der Waals surface area contributed by atoms with E-state index in [1.165, 1.54) is 11.3 Å². The first-order valence-corrected chi connectivity index (χ1v) is 15.2. The van der Waals surface area contributed by atoms with Crippen molar-refractivity contribution in [3.63, 3.8) is 0 Å². The summed E-state index contributed by atoms with van der Waals surface area (Å²) in [6.45, 7) is 7.09. The Labute approximate surface area is 254 Å². The zero-order valence-corrected chi connectivity index (χ0v) is 25.1. The molecule has 0 bridgehead atoms. The number of hydrogen-bond donors (Lipinski definition) is 2. The molecule has 0 saturated carbocycles. The third-order valence-corrected chi connectivity index (χ3v) is 8.63. The van der Waals surface area contributed by atoms with Crippen molar-refractivity contribution in [3.05, 3.63) is 83.4 Å². The molecule has 9 nitrogen and oxygen atoms in total. The maximum atomic E-state index is 13.6. The van der Waals surface area contributed by atoms with Gasteiger partial charge in [-0.2, -0.15) is 0 Å². The summed E-state index contributed by atoms with van der Waals surface area (Å²) in [6, 6.07) is 16.4. The van der Waals surface area contributed by atoms with Gasteiger partial charge in [0.2, 0.25) is 5.91 Å². The summed E-state index contributed by atoms with van der Waals surface area (Å²) in [4.78, 5) is 48.8. The molecule has 2 aliphatic heterocycles. The van der Waals surface area contributed by atoms with Crippen molar-refractivity contribution < 1.29 is 19.1 Å². The van der Waals surface area contributed by atoms with E-state index in [1.54, 1.807) is 28.1 Å². The van der Waals surface area contributed by atoms with Gasteiger partial charge in [0.25, 0.3) is 5.91 Å². The maximum Gasteiger partial charge on any atom is 0.331 e. The van der Waals surface area contributed by atoms with Crippen LogP contribution >= 0.6 is 11.3 Å². The molecular formula is C33H33N5O4S. The molecule has 0 radical (unpaired) electrons. The fourth-order valence-corrected chi connectivity index (χ4v) is 6.50. The molecule has 2 aromatic heterocycles. The fourth-order valence-electron chi connectivity index (χ4n) is 5.48. The van der Waals surface area contributed by atoms with Crippen LogP contribution in [-0.2, 0) is 4.79 Å². The molecule has 2 aromatic carbocycles. The number of allylic oxidation sites excluding steroid dienone is 1. The molecule has 43 heavy (non-hydrogen) atoms. The molecule has 220 valence electrons. The molecule has 10 heteroatoms. The largest absolute Gasteiger partial charge is 0.457 e. The van der Waals surface area contributed by atoms with Gasteiger partial charge in [-0.25, -0.2) is 9.78 Å². The molecule has 2 aliphatic rings. The highest BCUT2D eigenvalue weighted by Crippen LogP contribution is 2.46. The number of urea groups is 1. The van der Waals surface area contributed by atoms with Crippen LogP contribution in [0.3, 0.4) is 0 Å². The quantitative estimate of drug-likeness (QED) is 0.224. The Morgan fingerprint density at radius 2 is 1.93 bits per heavy atom. The molecule has 0 aliphatic carbocycles. The van der Waals surface area contributed by atoms with Crippen LogP contribution < -0.4 is 20.3 Å². The predicted molar refractivity (Wildman–Crippen MR) is 170 cm³/mol. The SMILES string of the molecule is Cc1cc(Oc2ccccc2)ccc1N1C(=O)Nc2c(C(=O)N[C@@H]3CCCN(C(=O)/C=C/C(C)C)C3)sc3nccc1c23. The number of amides is 4. The van der Waals surface area contributed by atoms with Gasteiger partial charge in [0.05, 0.1) is 22.4 Å². The Morgan fingerprint density at radius 1 is 1.12 bits per heavy atom. The summed E-state index contributed by atoms with van der Waals surface area (Å²) < 4.78 is 5.98. The van der Waals surface area contributed by atoms with Crippen LogP contribution in [0.1, 0.15) is 41.9 Å². The van der Waals surface area contributed by atoms with Crippen LogP contribution in [0.2, 0.25) is 0 Å². The molecule has 4 aromatic rings. The summed E-state index contributed by atoms with van der Waals surface area (Å²) in [5.74, 6) is 1.36. The lowest BCUT2D eigenvalue weighted by Gasteiger charge is -2.32. The Morgan fingerprint density at radius 3 is 2.70 bits per heavy atom. The van der Waals surface area contributed by atoms with Crippen molar-refractivity contribution in [1.29, 1.82) is 0 Å².